The molecular formula is C25H24N4O3. The molecule has 1 aromatic heterocycles. The fraction of sp³-hybridized carbons (Fsp3) is 0.200. The van der Waals surface area contributed by atoms with E-state index in [-0.39, 0.29) is 30.7 Å². The van der Waals surface area contributed by atoms with Crippen LogP contribution in [0, 0.1) is 5.92 Å². The molecule has 0 spiro atoms. The largest absolute Gasteiger partial charge is 0.344 e. The van der Waals surface area contributed by atoms with E-state index in [1.54, 1.807) is 29.4 Å². The van der Waals surface area contributed by atoms with Crippen molar-refractivity contribution in [2.75, 3.05) is 16.8 Å². The van der Waals surface area contributed by atoms with Gasteiger partial charge in [-0.2, -0.15) is 0 Å². The number of aromatic nitrogens is 1. The monoisotopic (exact) mass is 428 g/mol. The molecule has 7 nitrogen and oxygen atoms in total. The molecule has 32 heavy (non-hydrogen) atoms. The lowest BCUT2D eigenvalue weighted by Crippen LogP contribution is -2.47. The first-order valence-electron chi connectivity index (χ1n) is 10.5. The van der Waals surface area contributed by atoms with Gasteiger partial charge in [0.1, 0.15) is 6.04 Å². The van der Waals surface area contributed by atoms with Crippen molar-refractivity contribution in [3.8, 4) is 0 Å². The van der Waals surface area contributed by atoms with Gasteiger partial charge in [-0.15, -0.1) is 0 Å². The van der Waals surface area contributed by atoms with Crippen molar-refractivity contribution in [2.24, 2.45) is 5.92 Å². The van der Waals surface area contributed by atoms with E-state index in [4.69, 9.17) is 0 Å². The molecule has 0 radical (unpaired) electrons. The molecule has 2 N–H and O–H groups in total. The molecule has 1 fully saturated rings. The van der Waals surface area contributed by atoms with Crippen molar-refractivity contribution in [1.29, 1.82) is 0 Å². The Labute approximate surface area is 186 Å². The lowest BCUT2D eigenvalue weighted by Gasteiger charge is -2.21. The molecule has 2 atom stereocenters. The van der Waals surface area contributed by atoms with E-state index in [2.05, 4.69) is 15.6 Å². The Balaban J connectivity index is 1.47. The summed E-state index contributed by atoms with van der Waals surface area (Å²) in [6.45, 7) is 0.289. The highest BCUT2D eigenvalue weighted by atomic mass is 16.2. The van der Waals surface area contributed by atoms with Gasteiger partial charge in [0.2, 0.25) is 17.7 Å². The van der Waals surface area contributed by atoms with Gasteiger partial charge < -0.3 is 15.5 Å². The molecule has 1 saturated heterocycles. The van der Waals surface area contributed by atoms with Crippen molar-refractivity contribution in [3.05, 3.63) is 90.8 Å². The summed E-state index contributed by atoms with van der Waals surface area (Å²) >= 11 is 0. The van der Waals surface area contributed by atoms with Gasteiger partial charge in [-0.3, -0.25) is 19.4 Å². The molecule has 4 rings (SSSR count). The molecule has 3 amide bonds. The predicted octanol–water partition coefficient (Wildman–Crippen LogP) is 2.80. The van der Waals surface area contributed by atoms with Crippen LogP contribution in [0.25, 0.3) is 0 Å². The van der Waals surface area contributed by atoms with Crippen LogP contribution < -0.4 is 15.5 Å². The number of carbonyl (C=O) groups excluding carboxylic acids is 3. The Hall–Kier alpha value is -4.00. The quantitative estimate of drug-likeness (QED) is 0.605. The van der Waals surface area contributed by atoms with E-state index in [1.165, 1.54) is 0 Å². The number of nitrogens with one attached hydrogen (secondary N) is 2. The zero-order valence-electron chi connectivity index (χ0n) is 17.5. The number of pyridine rings is 1. The Morgan fingerprint density at radius 3 is 2.41 bits per heavy atom. The van der Waals surface area contributed by atoms with Gasteiger partial charge in [0, 0.05) is 31.3 Å². The number of anilines is 2. The fourth-order valence-corrected chi connectivity index (χ4v) is 3.76. The van der Waals surface area contributed by atoms with Crippen LogP contribution in [0.5, 0.6) is 0 Å². The van der Waals surface area contributed by atoms with E-state index >= 15 is 0 Å². The van der Waals surface area contributed by atoms with Gasteiger partial charge in [-0.05, 0) is 29.8 Å². The van der Waals surface area contributed by atoms with Crippen LogP contribution in [0.1, 0.15) is 12.0 Å². The third-order valence-electron chi connectivity index (χ3n) is 5.41. The van der Waals surface area contributed by atoms with E-state index in [9.17, 15) is 14.4 Å². The molecule has 0 saturated carbocycles. The Kier molecular flexibility index (Phi) is 6.55. The smallest absolute Gasteiger partial charge is 0.247 e. The minimum atomic E-state index is -0.786. The van der Waals surface area contributed by atoms with Crippen molar-refractivity contribution < 1.29 is 14.4 Å². The van der Waals surface area contributed by atoms with Gasteiger partial charge >= 0.3 is 0 Å². The van der Waals surface area contributed by atoms with Crippen LogP contribution in [-0.2, 0) is 20.8 Å². The zero-order valence-corrected chi connectivity index (χ0v) is 17.5. The molecule has 1 unspecified atom stereocenters. The van der Waals surface area contributed by atoms with Gasteiger partial charge in [0.05, 0.1) is 17.8 Å². The number of carbonyl (C=O) groups is 3. The Morgan fingerprint density at radius 1 is 1.00 bits per heavy atom. The number of para-hydroxylation sites is 1. The molecule has 2 aromatic carbocycles. The van der Waals surface area contributed by atoms with Crippen molar-refractivity contribution >= 4 is 29.1 Å². The molecule has 162 valence electrons. The summed E-state index contributed by atoms with van der Waals surface area (Å²) in [5.74, 6) is -1.26. The molecule has 0 bridgehead atoms. The van der Waals surface area contributed by atoms with E-state index in [0.717, 1.165) is 11.3 Å². The van der Waals surface area contributed by atoms with E-state index < -0.39 is 12.0 Å². The molecular weight excluding hydrogens is 404 g/mol. The summed E-state index contributed by atoms with van der Waals surface area (Å²) in [5, 5.41) is 5.68. The lowest BCUT2D eigenvalue weighted by molar-refractivity contribution is -0.129. The maximum atomic E-state index is 13.0. The predicted molar refractivity (Wildman–Crippen MR) is 122 cm³/mol. The molecule has 7 heteroatoms. The summed E-state index contributed by atoms with van der Waals surface area (Å²) < 4.78 is 0. The van der Waals surface area contributed by atoms with Gasteiger partial charge in [-0.1, -0.05) is 48.5 Å². The van der Waals surface area contributed by atoms with Crippen molar-refractivity contribution in [1.82, 2.24) is 10.3 Å². The molecule has 1 aliphatic rings. The summed E-state index contributed by atoms with van der Waals surface area (Å²) in [7, 11) is 0. The summed E-state index contributed by atoms with van der Waals surface area (Å²) in [5.41, 5.74) is 2.24. The van der Waals surface area contributed by atoms with Crippen molar-refractivity contribution in [2.45, 2.75) is 18.9 Å². The second-order valence-corrected chi connectivity index (χ2v) is 7.72. The first-order valence-corrected chi connectivity index (χ1v) is 10.5. The fourth-order valence-electron chi connectivity index (χ4n) is 3.76. The standard InChI is InChI=1S/C25H24N4O3/c30-23-15-19(17-29(23)21-11-5-2-6-12-21)24(31)28-22(14-18-8-3-1-4-9-18)25(32)27-20-10-7-13-26-16-20/h1-13,16,19,22H,14-15,17H2,(H,27,32)(H,28,31)/t19?,22-/m0/s1. The second-order valence-electron chi connectivity index (χ2n) is 7.72. The normalized spacial score (nSPS) is 16.4. The summed E-state index contributed by atoms with van der Waals surface area (Å²) in [6, 6.07) is 21.5. The average molecular weight is 428 g/mol. The Morgan fingerprint density at radius 2 is 1.72 bits per heavy atom. The molecule has 1 aliphatic heterocycles. The number of hydrogen-bond acceptors (Lipinski definition) is 4. The number of hydrogen-bond donors (Lipinski definition) is 2. The maximum absolute atomic E-state index is 13.0. The van der Waals surface area contributed by atoms with Crippen molar-refractivity contribution in [3.63, 3.8) is 0 Å². The Bertz CT molecular complexity index is 1070. The van der Waals surface area contributed by atoms with Crippen LogP contribution in [0.15, 0.2) is 85.2 Å². The third kappa shape index (κ3) is 5.18. The van der Waals surface area contributed by atoms with Gasteiger partial charge in [0.15, 0.2) is 0 Å². The number of rotatable bonds is 7. The minimum absolute atomic E-state index is 0.101. The number of benzene rings is 2. The SMILES string of the molecule is O=C(N[C@@H](Cc1ccccc1)C(=O)Nc1cccnc1)C1CC(=O)N(c2ccccc2)C1. The van der Waals surface area contributed by atoms with Crippen LogP contribution >= 0.6 is 0 Å². The maximum Gasteiger partial charge on any atom is 0.247 e. The average Bonchev–Trinajstić information content (AvgIpc) is 3.22. The van der Waals surface area contributed by atoms with E-state index in [1.807, 2.05) is 60.7 Å². The van der Waals surface area contributed by atoms with Crippen LogP contribution in [0.3, 0.4) is 0 Å². The number of amides is 3. The topological polar surface area (TPSA) is 91.4 Å². The van der Waals surface area contributed by atoms with Gasteiger partial charge in [0.25, 0.3) is 0 Å². The summed E-state index contributed by atoms with van der Waals surface area (Å²) in [6.07, 6.45) is 3.62. The minimum Gasteiger partial charge on any atom is -0.344 e. The van der Waals surface area contributed by atoms with Crippen LogP contribution in [0.2, 0.25) is 0 Å². The molecule has 3 aromatic rings. The first-order chi connectivity index (χ1) is 15.6. The number of nitrogens with zero attached hydrogens (tertiary/aromatic N) is 2. The highest BCUT2D eigenvalue weighted by Crippen LogP contribution is 2.25. The van der Waals surface area contributed by atoms with Crippen LogP contribution in [0.4, 0.5) is 11.4 Å². The zero-order chi connectivity index (χ0) is 22.3. The highest BCUT2D eigenvalue weighted by molar-refractivity contribution is 6.02. The molecule has 2 heterocycles. The van der Waals surface area contributed by atoms with Crippen LogP contribution in [-0.4, -0.2) is 35.3 Å². The van der Waals surface area contributed by atoms with Gasteiger partial charge in [-0.25, -0.2) is 0 Å². The molecule has 0 aliphatic carbocycles. The highest BCUT2D eigenvalue weighted by Gasteiger charge is 2.36. The third-order valence-corrected chi connectivity index (χ3v) is 5.41. The lowest BCUT2D eigenvalue weighted by atomic mass is 10.0. The summed E-state index contributed by atoms with van der Waals surface area (Å²) in [4.78, 5) is 44.2. The second kappa shape index (κ2) is 9.87. The first kappa shape index (κ1) is 21.2. The van der Waals surface area contributed by atoms with E-state index in [0.29, 0.717) is 12.1 Å².